The van der Waals surface area contributed by atoms with Gasteiger partial charge in [0.2, 0.25) is 10.0 Å². The molecule has 0 aliphatic rings. The predicted molar refractivity (Wildman–Crippen MR) is 94.9 cm³/mol. The molecule has 0 bridgehead atoms. The molecule has 2 rings (SSSR count). The van der Waals surface area contributed by atoms with Crippen LogP contribution in [0.3, 0.4) is 0 Å². The largest absolute Gasteiger partial charge is 0.324 e. The predicted octanol–water partition coefficient (Wildman–Crippen LogP) is 2.85. The minimum Gasteiger partial charge on any atom is -0.324 e. The van der Waals surface area contributed by atoms with Crippen LogP contribution in [0, 0.1) is 0 Å². The lowest BCUT2D eigenvalue weighted by molar-refractivity contribution is 0.580. The number of hydrogen-bond donors (Lipinski definition) is 2. The third kappa shape index (κ3) is 6.06. The molecule has 0 saturated heterocycles. The first-order valence-corrected chi connectivity index (χ1v) is 9.33. The highest BCUT2D eigenvalue weighted by Gasteiger charge is 2.10. The number of aryl methyl sites for hydroxylation is 1. The van der Waals surface area contributed by atoms with E-state index in [9.17, 15) is 8.42 Å². The Hall–Kier alpha value is -0.920. The summed E-state index contributed by atoms with van der Waals surface area (Å²) in [6.07, 6.45) is 0.552. The van der Waals surface area contributed by atoms with E-state index in [1.807, 2.05) is 48.7 Å². The number of hydrogen-bond acceptors (Lipinski definition) is 4. The quantitative estimate of drug-likeness (QED) is 0.797. The van der Waals surface area contributed by atoms with Crippen LogP contribution in [0.2, 0.25) is 0 Å². The molecule has 0 fully saturated rings. The second kappa shape index (κ2) is 8.64. The molecule has 0 aliphatic heterocycles. The van der Waals surface area contributed by atoms with E-state index < -0.39 is 10.0 Å². The van der Waals surface area contributed by atoms with Gasteiger partial charge < -0.3 is 5.73 Å². The number of nitrogens with two attached hydrogens (primary N) is 1. The lowest BCUT2D eigenvalue weighted by Crippen LogP contribution is -2.26. The molecule has 7 heteroatoms. The lowest BCUT2D eigenvalue weighted by Gasteiger charge is -2.08. The first-order chi connectivity index (χ1) is 9.96. The van der Waals surface area contributed by atoms with Gasteiger partial charge >= 0.3 is 0 Å². The van der Waals surface area contributed by atoms with Crippen LogP contribution >= 0.6 is 23.7 Å². The monoisotopic (exact) mass is 360 g/mol. The number of sulfonamides is 1. The Bertz CT molecular complexity index is 653. The summed E-state index contributed by atoms with van der Waals surface area (Å²) in [6.45, 7) is 2.23. The summed E-state index contributed by atoms with van der Waals surface area (Å²) in [5.74, 6) is 0.116. The van der Waals surface area contributed by atoms with Crippen molar-refractivity contribution in [2.24, 2.45) is 5.73 Å². The van der Waals surface area contributed by atoms with Crippen molar-refractivity contribution < 1.29 is 8.42 Å². The molecule has 1 atom stereocenters. The first kappa shape index (κ1) is 19.1. The van der Waals surface area contributed by atoms with E-state index in [2.05, 4.69) is 4.72 Å². The van der Waals surface area contributed by atoms with Gasteiger partial charge in [0.05, 0.1) is 5.75 Å². The molecular formula is C15H21ClN2O2S2. The molecule has 0 saturated carbocycles. The molecule has 2 aromatic rings. The molecule has 22 heavy (non-hydrogen) atoms. The van der Waals surface area contributed by atoms with E-state index >= 15 is 0 Å². The van der Waals surface area contributed by atoms with E-state index in [0.29, 0.717) is 13.0 Å². The Kier molecular flexibility index (Phi) is 7.52. The Morgan fingerprint density at radius 2 is 1.91 bits per heavy atom. The van der Waals surface area contributed by atoms with Crippen molar-refractivity contribution in [1.29, 1.82) is 0 Å². The molecule has 1 unspecified atom stereocenters. The molecule has 0 amide bonds. The zero-order valence-corrected chi connectivity index (χ0v) is 14.8. The van der Waals surface area contributed by atoms with Crippen molar-refractivity contribution >= 4 is 33.8 Å². The van der Waals surface area contributed by atoms with Gasteiger partial charge in [-0.3, -0.25) is 0 Å². The smallest absolute Gasteiger partial charge is 0.212 e. The van der Waals surface area contributed by atoms with E-state index in [4.69, 9.17) is 5.73 Å². The van der Waals surface area contributed by atoms with Crippen molar-refractivity contribution in [3.63, 3.8) is 0 Å². The van der Waals surface area contributed by atoms with E-state index in [1.165, 1.54) is 0 Å². The van der Waals surface area contributed by atoms with Crippen LogP contribution in [0.1, 0.15) is 29.0 Å². The summed E-state index contributed by atoms with van der Waals surface area (Å²) in [5.41, 5.74) is 7.75. The second-order valence-electron chi connectivity index (χ2n) is 5.00. The van der Waals surface area contributed by atoms with Gasteiger partial charge in [0, 0.05) is 17.5 Å². The molecule has 1 aromatic heterocycles. The Labute approximate surface area is 142 Å². The zero-order valence-electron chi connectivity index (χ0n) is 12.4. The Morgan fingerprint density at radius 3 is 2.45 bits per heavy atom. The lowest BCUT2D eigenvalue weighted by atomic mass is 10.1. The number of halogens is 1. The number of benzene rings is 1. The third-order valence-electron chi connectivity index (χ3n) is 3.20. The van der Waals surface area contributed by atoms with Gasteiger partial charge in [-0.2, -0.15) is 0 Å². The fraction of sp³-hybridized carbons (Fsp3) is 0.333. The van der Waals surface area contributed by atoms with Gasteiger partial charge in [-0.1, -0.05) is 30.3 Å². The average Bonchev–Trinajstić information content (AvgIpc) is 2.97. The summed E-state index contributed by atoms with van der Waals surface area (Å²) in [5, 5.41) is 1.95. The SMILES string of the molecule is CC(N)c1ccc(CNS(=O)(=O)CCc2cccs2)cc1.Cl. The fourth-order valence-corrected chi connectivity index (χ4v) is 3.75. The van der Waals surface area contributed by atoms with E-state index in [0.717, 1.165) is 16.0 Å². The van der Waals surface area contributed by atoms with Gasteiger partial charge in [0.25, 0.3) is 0 Å². The van der Waals surface area contributed by atoms with E-state index in [1.54, 1.807) is 11.3 Å². The van der Waals surface area contributed by atoms with Crippen LogP contribution < -0.4 is 10.5 Å². The van der Waals surface area contributed by atoms with Crippen LogP contribution in [0.25, 0.3) is 0 Å². The van der Waals surface area contributed by atoms with Crippen LogP contribution in [-0.2, 0) is 23.0 Å². The maximum Gasteiger partial charge on any atom is 0.212 e. The first-order valence-electron chi connectivity index (χ1n) is 6.80. The van der Waals surface area contributed by atoms with Crippen molar-refractivity contribution in [2.75, 3.05) is 5.75 Å². The second-order valence-corrected chi connectivity index (χ2v) is 7.96. The minimum atomic E-state index is -3.25. The van der Waals surface area contributed by atoms with Crippen LogP contribution in [0.15, 0.2) is 41.8 Å². The van der Waals surface area contributed by atoms with Crippen molar-refractivity contribution in [3.05, 3.63) is 57.8 Å². The topological polar surface area (TPSA) is 72.2 Å². The molecule has 1 heterocycles. The third-order valence-corrected chi connectivity index (χ3v) is 5.46. The highest BCUT2D eigenvalue weighted by molar-refractivity contribution is 7.89. The summed E-state index contributed by atoms with van der Waals surface area (Å²) in [6, 6.07) is 11.5. The van der Waals surface area contributed by atoms with Crippen LogP contribution in [-0.4, -0.2) is 14.2 Å². The van der Waals surface area contributed by atoms with Crippen LogP contribution in [0.4, 0.5) is 0 Å². The minimum absolute atomic E-state index is 0. The summed E-state index contributed by atoms with van der Waals surface area (Å²) >= 11 is 1.58. The molecule has 1 aromatic carbocycles. The summed E-state index contributed by atoms with van der Waals surface area (Å²) < 4.78 is 26.5. The summed E-state index contributed by atoms with van der Waals surface area (Å²) in [4.78, 5) is 1.08. The number of rotatable bonds is 7. The Morgan fingerprint density at radius 1 is 1.23 bits per heavy atom. The molecule has 0 spiro atoms. The van der Waals surface area contributed by atoms with Gasteiger partial charge in [-0.05, 0) is 35.9 Å². The van der Waals surface area contributed by atoms with E-state index in [-0.39, 0.29) is 24.2 Å². The van der Waals surface area contributed by atoms with Crippen molar-refractivity contribution in [2.45, 2.75) is 25.9 Å². The maximum atomic E-state index is 11.9. The average molecular weight is 361 g/mol. The fourth-order valence-electron chi connectivity index (χ4n) is 1.89. The van der Waals surface area contributed by atoms with Gasteiger partial charge in [0.15, 0.2) is 0 Å². The molecular weight excluding hydrogens is 340 g/mol. The molecule has 3 N–H and O–H groups in total. The molecule has 0 aliphatic carbocycles. The van der Waals surface area contributed by atoms with Crippen LogP contribution in [0.5, 0.6) is 0 Å². The zero-order chi connectivity index (χ0) is 15.3. The van der Waals surface area contributed by atoms with Gasteiger partial charge in [-0.25, -0.2) is 13.1 Å². The highest BCUT2D eigenvalue weighted by Crippen LogP contribution is 2.12. The number of thiophene rings is 1. The number of nitrogens with one attached hydrogen (secondary N) is 1. The normalized spacial score (nSPS) is 12.6. The summed E-state index contributed by atoms with van der Waals surface area (Å²) in [7, 11) is -3.25. The standard InChI is InChI=1S/C15H20N2O2S2.ClH/c1-12(16)14-6-4-13(5-7-14)11-17-21(18,19)10-8-15-3-2-9-20-15;/h2-7,9,12,17H,8,10-11,16H2,1H3;1H. The van der Waals surface area contributed by atoms with Crippen molar-refractivity contribution in [1.82, 2.24) is 4.72 Å². The molecule has 0 radical (unpaired) electrons. The van der Waals surface area contributed by atoms with Crippen molar-refractivity contribution in [3.8, 4) is 0 Å². The molecule has 122 valence electrons. The highest BCUT2D eigenvalue weighted by atomic mass is 35.5. The Balaban J connectivity index is 0.00000242. The molecule has 4 nitrogen and oxygen atoms in total. The van der Waals surface area contributed by atoms with Gasteiger partial charge in [-0.15, -0.1) is 23.7 Å². The maximum absolute atomic E-state index is 11.9. The van der Waals surface area contributed by atoms with Gasteiger partial charge in [0.1, 0.15) is 0 Å².